The van der Waals surface area contributed by atoms with Gasteiger partial charge in [0.05, 0.1) is 5.75 Å². The molecule has 20 heavy (non-hydrogen) atoms. The zero-order valence-electron chi connectivity index (χ0n) is 11.4. The summed E-state index contributed by atoms with van der Waals surface area (Å²) in [7, 11) is -2.00. The lowest BCUT2D eigenvalue weighted by Gasteiger charge is -2.24. The van der Waals surface area contributed by atoms with Gasteiger partial charge in [-0.2, -0.15) is 4.31 Å². The van der Waals surface area contributed by atoms with Gasteiger partial charge in [0.15, 0.2) is 0 Å². The number of halogens is 1. The topological polar surface area (TPSA) is 74.7 Å². The number of aliphatic carboxylic acids is 1. The van der Waals surface area contributed by atoms with Crippen LogP contribution in [0.15, 0.2) is 24.3 Å². The molecule has 0 aliphatic rings. The van der Waals surface area contributed by atoms with Crippen molar-refractivity contribution in [1.82, 2.24) is 4.31 Å². The molecule has 0 amide bonds. The Morgan fingerprint density at radius 3 is 2.65 bits per heavy atom. The fourth-order valence-electron chi connectivity index (χ4n) is 1.77. The fourth-order valence-corrected chi connectivity index (χ4v) is 3.37. The SMILES string of the molecule is CC(c1cccc(Cl)c1)N(C)S(=O)(=O)CCCC(=O)O. The van der Waals surface area contributed by atoms with Gasteiger partial charge in [0, 0.05) is 24.5 Å². The van der Waals surface area contributed by atoms with Crippen molar-refractivity contribution in [3.05, 3.63) is 34.9 Å². The summed E-state index contributed by atoms with van der Waals surface area (Å²) in [4.78, 5) is 10.4. The molecule has 0 saturated carbocycles. The maximum Gasteiger partial charge on any atom is 0.303 e. The molecular formula is C13H18ClNO4S. The third-order valence-electron chi connectivity index (χ3n) is 3.11. The summed E-state index contributed by atoms with van der Waals surface area (Å²) in [6, 6.07) is 6.65. The number of rotatable bonds is 7. The summed E-state index contributed by atoms with van der Waals surface area (Å²) in [5, 5.41) is 9.09. The zero-order valence-corrected chi connectivity index (χ0v) is 13.0. The summed E-state index contributed by atoms with van der Waals surface area (Å²) in [6.45, 7) is 1.76. The van der Waals surface area contributed by atoms with Crippen molar-refractivity contribution in [2.45, 2.75) is 25.8 Å². The van der Waals surface area contributed by atoms with Gasteiger partial charge in [-0.25, -0.2) is 8.42 Å². The molecule has 0 radical (unpaired) electrons. The van der Waals surface area contributed by atoms with Crippen LogP contribution < -0.4 is 0 Å². The van der Waals surface area contributed by atoms with Crippen LogP contribution in [-0.2, 0) is 14.8 Å². The molecule has 1 unspecified atom stereocenters. The van der Waals surface area contributed by atoms with E-state index in [2.05, 4.69) is 0 Å². The lowest BCUT2D eigenvalue weighted by atomic mass is 10.1. The molecule has 0 saturated heterocycles. The average molecular weight is 320 g/mol. The average Bonchev–Trinajstić information content (AvgIpc) is 2.36. The Morgan fingerprint density at radius 2 is 2.10 bits per heavy atom. The van der Waals surface area contributed by atoms with Crippen molar-refractivity contribution < 1.29 is 18.3 Å². The number of sulfonamides is 1. The van der Waals surface area contributed by atoms with Gasteiger partial charge >= 0.3 is 5.97 Å². The van der Waals surface area contributed by atoms with Gasteiger partial charge in [0.1, 0.15) is 0 Å². The molecule has 0 spiro atoms. The van der Waals surface area contributed by atoms with Crippen molar-refractivity contribution in [1.29, 1.82) is 0 Å². The number of carboxylic acid groups (broad SMARTS) is 1. The first-order valence-corrected chi connectivity index (χ1v) is 8.15. The molecule has 1 N–H and O–H groups in total. The van der Waals surface area contributed by atoms with Crippen LogP contribution in [0.2, 0.25) is 5.02 Å². The van der Waals surface area contributed by atoms with Crippen molar-refractivity contribution in [2.75, 3.05) is 12.8 Å². The third kappa shape index (κ3) is 4.77. The van der Waals surface area contributed by atoms with E-state index in [1.165, 1.54) is 11.4 Å². The van der Waals surface area contributed by atoms with E-state index in [0.29, 0.717) is 5.02 Å². The first-order chi connectivity index (χ1) is 9.24. The second kappa shape index (κ2) is 7.06. The number of benzene rings is 1. The number of hydrogen-bond donors (Lipinski definition) is 1. The lowest BCUT2D eigenvalue weighted by molar-refractivity contribution is -0.137. The van der Waals surface area contributed by atoms with Crippen molar-refractivity contribution in [2.24, 2.45) is 0 Å². The van der Waals surface area contributed by atoms with Gasteiger partial charge in [-0.1, -0.05) is 23.7 Å². The molecule has 0 heterocycles. The largest absolute Gasteiger partial charge is 0.481 e. The van der Waals surface area contributed by atoms with Gasteiger partial charge in [0.2, 0.25) is 10.0 Å². The second-order valence-electron chi connectivity index (χ2n) is 4.56. The number of carboxylic acids is 1. The van der Waals surface area contributed by atoms with E-state index in [0.717, 1.165) is 5.56 Å². The van der Waals surface area contributed by atoms with E-state index >= 15 is 0 Å². The van der Waals surface area contributed by atoms with Crippen LogP contribution >= 0.6 is 11.6 Å². The Hall–Kier alpha value is -1.11. The maximum absolute atomic E-state index is 12.1. The van der Waals surface area contributed by atoms with Gasteiger partial charge in [0.25, 0.3) is 0 Å². The Labute approximate surface area is 124 Å². The Morgan fingerprint density at radius 1 is 1.45 bits per heavy atom. The molecule has 1 rings (SSSR count). The molecule has 0 aromatic heterocycles. The third-order valence-corrected chi connectivity index (χ3v) is 5.34. The van der Waals surface area contributed by atoms with E-state index < -0.39 is 16.0 Å². The molecule has 1 aromatic carbocycles. The van der Waals surface area contributed by atoms with Crippen molar-refractivity contribution in [3.8, 4) is 0 Å². The predicted octanol–water partition coefficient (Wildman–Crippen LogP) is 2.53. The molecule has 0 aliphatic heterocycles. The van der Waals surface area contributed by atoms with Gasteiger partial charge in [-0.05, 0) is 31.0 Å². The monoisotopic (exact) mass is 319 g/mol. The highest BCUT2D eigenvalue weighted by molar-refractivity contribution is 7.89. The Bertz CT molecular complexity index is 573. The van der Waals surface area contributed by atoms with Crippen LogP contribution in [0.1, 0.15) is 31.4 Å². The fraction of sp³-hybridized carbons (Fsp3) is 0.462. The molecule has 7 heteroatoms. The van der Waals surface area contributed by atoms with E-state index in [1.54, 1.807) is 31.2 Å². The first kappa shape index (κ1) is 16.9. The smallest absolute Gasteiger partial charge is 0.303 e. The Balaban J connectivity index is 2.77. The molecule has 1 aromatic rings. The number of hydrogen-bond acceptors (Lipinski definition) is 3. The van der Waals surface area contributed by atoms with E-state index in [4.69, 9.17) is 16.7 Å². The standard InChI is InChI=1S/C13H18ClNO4S/c1-10(11-5-3-6-12(14)9-11)15(2)20(18,19)8-4-7-13(16)17/h3,5-6,9-10H,4,7-8H2,1-2H3,(H,16,17). The minimum atomic E-state index is -3.49. The highest BCUT2D eigenvalue weighted by Gasteiger charge is 2.24. The quantitative estimate of drug-likeness (QED) is 0.838. The predicted molar refractivity (Wildman–Crippen MR) is 78.3 cm³/mol. The number of nitrogens with zero attached hydrogens (tertiary/aromatic N) is 1. The molecule has 0 fully saturated rings. The number of carbonyl (C=O) groups is 1. The molecule has 112 valence electrons. The highest BCUT2D eigenvalue weighted by atomic mass is 35.5. The van der Waals surface area contributed by atoms with Crippen LogP contribution in [0.3, 0.4) is 0 Å². The van der Waals surface area contributed by atoms with Gasteiger partial charge in [-0.3, -0.25) is 4.79 Å². The molecular weight excluding hydrogens is 302 g/mol. The first-order valence-electron chi connectivity index (χ1n) is 6.17. The van der Waals surface area contributed by atoms with Crippen LogP contribution in [0.25, 0.3) is 0 Å². The summed E-state index contributed by atoms with van der Waals surface area (Å²) in [5.41, 5.74) is 0.793. The normalized spacial score (nSPS) is 13.4. The van der Waals surface area contributed by atoms with E-state index in [9.17, 15) is 13.2 Å². The summed E-state index contributed by atoms with van der Waals surface area (Å²) < 4.78 is 25.5. The Kier molecular flexibility index (Phi) is 5.98. The van der Waals surface area contributed by atoms with Crippen molar-refractivity contribution >= 4 is 27.6 Å². The summed E-state index contributed by atoms with van der Waals surface area (Å²) >= 11 is 5.89. The maximum atomic E-state index is 12.1. The van der Waals surface area contributed by atoms with Crippen LogP contribution in [0, 0.1) is 0 Å². The van der Waals surface area contributed by atoms with Gasteiger partial charge < -0.3 is 5.11 Å². The van der Waals surface area contributed by atoms with Crippen molar-refractivity contribution in [3.63, 3.8) is 0 Å². The van der Waals surface area contributed by atoms with Crippen LogP contribution in [0.4, 0.5) is 0 Å². The van der Waals surface area contributed by atoms with E-state index in [-0.39, 0.29) is 24.6 Å². The lowest BCUT2D eigenvalue weighted by Crippen LogP contribution is -2.32. The van der Waals surface area contributed by atoms with Crippen LogP contribution in [-0.4, -0.2) is 36.6 Å². The molecule has 1 atom stereocenters. The van der Waals surface area contributed by atoms with Crippen LogP contribution in [0.5, 0.6) is 0 Å². The summed E-state index contributed by atoms with van der Waals surface area (Å²) in [6.07, 6.45) is -0.0527. The molecule has 0 aliphatic carbocycles. The zero-order chi connectivity index (χ0) is 15.3. The highest BCUT2D eigenvalue weighted by Crippen LogP contribution is 2.24. The summed E-state index contributed by atoms with van der Waals surface area (Å²) in [5.74, 6) is -1.17. The molecule has 0 bridgehead atoms. The minimum Gasteiger partial charge on any atom is -0.481 e. The minimum absolute atomic E-state index is 0.101. The van der Waals surface area contributed by atoms with Gasteiger partial charge in [-0.15, -0.1) is 0 Å². The van der Waals surface area contributed by atoms with E-state index in [1.807, 2.05) is 0 Å². The second-order valence-corrected chi connectivity index (χ2v) is 7.14. The molecule has 5 nitrogen and oxygen atoms in total.